The lowest BCUT2D eigenvalue weighted by molar-refractivity contribution is -0.132. The molecule has 3 nitrogen and oxygen atoms in total. The number of unbranched alkanes of at least 4 members (excludes halogenated alkanes) is 1. The third-order valence-electron chi connectivity index (χ3n) is 3.39. The molecule has 0 heterocycles. The van der Waals surface area contributed by atoms with E-state index in [1.165, 1.54) is 0 Å². The first-order chi connectivity index (χ1) is 8.99. The summed E-state index contributed by atoms with van der Waals surface area (Å²) in [5.74, 6) is 0.295. The molecule has 1 atom stereocenters. The first-order valence-electron chi connectivity index (χ1n) is 7.45. The first kappa shape index (κ1) is 17.9. The molecular formula is C16H30N2O. The van der Waals surface area contributed by atoms with Gasteiger partial charge in [0, 0.05) is 24.9 Å². The van der Waals surface area contributed by atoms with Crippen LogP contribution in [0.15, 0.2) is 16.4 Å². The monoisotopic (exact) mass is 266 g/mol. The molecule has 0 rings (SSSR count). The second-order valence-electron chi connectivity index (χ2n) is 5.11. The van der Waals surface area contributed by atoms with Crippen LogP contribution >= 0.6 is 0 Å². The van der Waals surface area contributed by atoms with E-state index in [2.05, 4.69) is 18.8 Å². The minimum Gasteiger partial charge on any atom is -0.317 e. The topological polar surface area (TPSA) is 32.7 Å². The van der Waals surface area contributed by atoms with Crippen molar-refractivity contribution in [1.29, 1.82) is 0 Å². The standard InChI is InChI=1S/C16H30N2O/c1-7-10-12-15(14(5)17-9-3)18(6)16(19)13(4)11-8-2/h9,13H,7-8,10-12H2,1-6H3/b15-14+,17-9?. The lowest BCUT2D eigenvalue weighted by Gasteiger charge is -2.25. The van der Waals surface area contributed by atoms with E-state index in [4.69, 9.17) is 0 Å². The maximum Gasteiger partial charge on any atom is 0.229 e. The molecule has 0 spiro atoms. The van der Waals surface area contributed by atoms with Gasteiger partial charge in [-0.3, -0.25) is 9.79 Å². The minimum absolute atomic E-state index is 0.0880. The molecule has 3 heteroatoms. The van der Waals surface area contributed by atoms with E-state index >= 15 is 0 Å². The maximum atomic E-state index is 12.4. The van der Waals surface area contributed by atoms with E-state index in [0.29, 0.717) is 0 Å². The lowest BCUT2D eigenvalue weighted by Crippen LogP contribution is -2.31. The number of carbonyl (C=O) groups is 1. The lowest BCUT2D eigenvalue weighted by atomic mass is 10.0. The third kappa shape index (κ3) is 6.04. The molecule has 110 valence electrons. The van der Waals surface area contributed by atoms with Gasteiger partial charge in [0.1, 0.15) is 0 Å². The summed E-state index contributed by atoms with van der Waals surface area (Å²) in [6.07, 6.45) is 6.90. The molecule has 0 N–H and O–H groups in total. The van der Waals surface area contributed by atoms with Crippen LogP contribution in [0.3, 0.4) is 0 Å². The number of hydrogen-bond acceptors (Lipinski definition) is 2. The molecule has 19 heavy (non-hydrogen) atoms. The van der Waals surface area contributed by atoms with Crippen molar-refractivity contribution in [2.45, 2.75) is 66.7 Å². The fourth-order valence-electron chi connectivity index (χ4n) is 2.22. The number of aliphatic imine (C=N–C) groups is 1. The van der Waals surface area contributed by atoms with E-state index < -0.39 is 0 Å². The Hall–Kier alpha value is -1.12. The molecule has 0 radical (unpaired) electrons. The molecule has 0 aliphatic heterocycles. The van der Waals surface area contributed by atoms with Gasteiger partial charge < -0.3 is 4.90 Å². The van der Waals surface area contributed by atoms with Gasteiger partial charge in [0.05, 0.1) is 5.70 Å². The van der Waals surface area contributed by atoms with E-state index in [1.54, 1.807) is 6.21 Å². The average Bonchev–Trinajstić information content (AvgIpc) is 2.38. The minimum atomic E-state index is 0.0880. The van der Waals surface area contributed by atoms with Crippen molar-refractivity contribution in [3.8, 4) is 0 Å². The second kappa shape index (κ2) is 9.76. The quantitative estimate of drug-likeness (QED) is 0.600. The second-order valence-corrected chi connectivity index (χ2v) is 5.11. The van der Waals surface area contributed by atoms with Crippen LogP contribution in [-0.2, 0) is 4.79 Å². The predicted molar refractivity (Wildman–Crippen MR) is 83.2 cm³/mol. The highest BCUT2D eigenvalue weighted by Crippen LogP contribution is 2.20. The molecule has 1 unspecified atom stereocenters. The number of hydrogen-bond donors (Lipinski definition) is 0. The van der Waals surface area contributed by atoms with Crippen LogP contribution in [0, 0.1) is 5.92 Å². The van der Waals surface area contributed by atoms with Crippen molar-refractivity contribution >= 4 is 12.1 Å². The van der Waals surface area contributed by atoms with Gasteiger partial charge >= 0.3 is 0 Å². The van der Waals surface area contributed by atoms with Gasteiger partial charge in [-0.15, -0.1) is 0 Å². The molecule has 1 amide bonds. The van der Waals surface area contributed by atoms with Gasteiger partial charge in [-0.2, -0.15) is 0 Å². The van der Waals surface area contributed by atoms with Crippen LogP contribution in [0.4, 0.5) is 0 Å². The summed E-state index contributed by atoms with van der Waals surface area (Å²) in [7, 11) is 1.88. The normalized spacial score (nSPS) is 14.4. The van der Waals surface area contributed by atoms with E-state index in [0.717, 1.165) is 43.5 Å². The van der Waals surface area contributed by atoms with Crippen molar-refractivity contribution in [2.75, 3.05) is 7.05 Å². The summed E-state index contributed by atoms with van der Waals surface area (Å²) in [5.41, 5.74) is 2.02. The summed E-state index contributed by atoms with van der Waals surface area (Å²) in [6, 6.07) is 0. The Labute approximate surface area is 118 Å². The molecule has 0 aromatic carbocycles. The zero-order chi connectivity index (χ0) is 14.8. The SMILES string of the molecule is CC=N/C(C)=C(\CCCC)N(C)C(=O)C(C)CCC. The van der Waals surface area contributed by atoms with Crippen molar-refractivity contribution < 1.29 is 4.79 Å². The maximum absolute atomic E-state index is 12.4. The van der Waals surface area contributed by atoms with Crippen LogP contribution in [0.2, 0.25) is 0 Å². The van der Waals surface area contributed by atoms with E-state index in [-0.39, 0.29) is 11.8 Å². The van der Waals surface area contributed by atoms with Gasteiger partial charge in [-0.1, -0.05) is 33.6 Å². The number of allylic oxidation sites excluding steroid dienone is 2. The molecule has 0 aliphatic carbocycles. The molecule has 0 aliphatic rings. The molecule has 0 bridgehead atoms. The summed E-state index contributed by atoms with van der Waals surface area (Å²) in [6.45, 7) is 10.2. The Morgan fingerprint density at radius 3 is 2.42 bits per heavy atom. The molecule has 0 fully saturated rings. The zero-order valence-electron chi connectivity index (χ0n) is 13.5. The van der Waals surface area contributed by atoms with Gasteiger partial charge in [0.25, 0.3) is 0 Å². The van der Waals surface area contributed by atoms with Gasteiger partial charge in [-0.05, 0) is 33.1 Å². The summed E-state index contributed by atoms with van der Waals surface area (Å²) < 4.78 is 0. The highest BCUT2D eigenvalue weighted by molar-refractivity contribution is 5.80. The largest absolute Gasteiger partial charge is 0.317 e. The van der Waals surface area contributed by atoms with Crippen LogP contribution in [0.25, 0.3) is 0 Å². The first-order valence-corrected chi connectivity index (χ1v) is 7.45. The van der Waals surface area contributed by atoms with Crippen LogP contribution in [0.1, 0.15) is 66.7 Å². The van der Waals surface area contributed by atoms with Crippen molar-refractivity contribution in [3.63, 3.8) is 0 Å². The fraction of sp³-hybridized carbons (Fsp3) is 0.750. The van der Waals surface area contributed by atoms with E-state index in [9.17, 15) is 4.79 Å². The van der Waals surface area contributed by atoms with Gasteiger partial charge in [0.2, 0.25) is 5.91 Å². The Kier molecular flexibility index (Phi) is 9.19. The zero-order valence-corrected chi connectivity index (χ0v) is 13.5. The highest BCUT2D eigenvalue weighted by Gasteiger charge is 2.20. The van der Waals surface area contributed by atoms with Crippen molar-refractivity contribution in [2.24, 2.45) is 10.9 Å². The molecule has 0 aromatic rings. The number of carbonyl (C=O) groups excluding carboxylic acids is 1. The Morgan fingerprint density at radius 2 is 1.95 bits per heavy atom. The summed E-state index contributed by atoms with van der Waals surface area (Å²) in [4.78, 5) is 18.6. The van der Waals surface area contributed by atoms with Crippen LogP contribution in [-0.4, -0.2) is 24.1 Å². The number of nitrogens with zero attached hydrogens (tertiary/aromatic N) is 2. The van der Waals surface area contributed by atoms with Gasteiger partial charge in [-0.25, -0.2) is 0 Å². The summed E-state index contributed by atoms with van der Waals surface area (Å²) in [5, 5.41) is 0. The Morgan fingerprint density at radius 1 is 1.32 bits per heavy atom. The highest BCUT2D eigenvalue weighted by atomic mass is 16.2. The van der Waals surface area contributed by atoms with Gasteiger partial charge in [0.15, 0.2) is 0 Å². The number of rotatable bonds is 8. The van der Waals surface area contributed by atoms with Crippen molar-refractivity contribution in [1.82, 2.24) is 4.90 Å². The predicted octanol–water partition coefficient (Wildman–Crippen LogP) is 4.39. The third-order valence-corrected chi connectivity index (χ3v) is 3.39. The summed E-state index contributed by atoms with van der Waals surface area (Å²) >= 11 is 0. The molecule has 0 saturated carbocycles. The van der Waals surface area contributed by atoms with Crippen LogP contribution in [0.5, 0.6) is 0 Å². The molecular weight excluding hydrogens is 236 g/mol. The number of amides is 1. The van der Waals surface area contributed by atoms with Crippen molar-refractivity contribution in [3.05, 3.63) is 11.4 Å². The van der Waals surface area contributed by atoms with E-state index in [1.807, 2.05) is 32.7 Å². The Balaban J connectivity index is 5.04. The smallest absolute Gasteiger partial charge is 0.229 e. The molecule has 0 aromatic heterocycles. The molecule has 0 saturated heterocycles. The van der Waals surface area contributed by atoms with Crippen LogP contribution < -0.4 is 0 Å². The average molecular weight is 266 g/mol. The fourth-order valence-corrected chi connectivity index (χ4v) is 2.22. The Bertz CT molecular complexity index is 332.